The van der Waals surface area contributed by atoms with E-state index in [0.717, 1.165) is 19.5 Å². The van der Waals surface area contributed by atoms with Crippen molar-refractivity contribution in [2.75, 3.05) is 32.8 Å². The van der Waals surface area contributed by atoms with Crippen LogP contribution in [0.1, 0.15) is 44.4 Å². The van der Waals surface area contributed by atoms with Crippen LogP contribution in [0.15, 0.2) is 54.1 Å². The second kappa shape index (κ2) is 11.1. The molecule has 33 heavy (non-hydrogen) atoms. The number of nitrogens with zero attached hydrogens (tertiary/aromatic N) is 2. The van der Waals surface area contributed by atoms with Gasteiger partial charge in [-0.15, -0.1) is 0 Å². The smallest absolute Gasteiger partial charge is 0.295 e. The van der Waals surface area contributed by atoms with Crippen LogP contribution in [-0.2, 0) is 9.59 Å². The summed E-state index contributed by atoms with van der Waals surface area (Å²) in [7, 11) is 0. The van der Waals surface area contributed by atoms with Gasteiger partial charge in [0.05, 0.1) is 18.2 Å². The van der Waals surface area contributed by atoms with Crippen LogP contribution >= 0.6 is 0 Å². The summed E-state index contributed by atoms with van der Waals surface area (Å²) in [6.45, 7) is 9.20. The number of amides is 1. The van der Waals surface area contributed by atoms with Gasteiger partial charge in [-0.3, -0.25) is 9.59 Å². The summed E-state index contributed by atoms with van der Waals surface area (Å²) in [4.78, 5) is 29.8. The molecule has 2 aromatic carbocycles. The number of hydrogen-bond donors (Lipinski definition) is 1. The van der Waals surface area contributed by atoms with Crippen LogP contribution in [0.5, 0.6) is 5.75 Å². The molecule has 1 fully saturated rings. The monoisotopic (exact) mass is 454 g/mol. The van der Waals surface area contributed by atoms with Crippen LogP contribution in [0.3, 0.4) is 0 Å². The average molecular weight is 455 g/mol. The van der Waals surface area contributed by atoms with Gasteiger partial charge in [0.1, 0.15) is 17.3 Å². The van der Waals surface area contributed by atoms with Gasteiger partial charge in [0.25, 0.3) is 11.7 Å². The molecule has 6 nitrogen and oxygen atoms in total. The summed E-state index contributed by atoms with van der Waals surface area (Å²) < 4.78 is 19.2. The van der Waals surface area contributed by atoms with Gasteiger partial charge < -0.3 is 19.6 Å². The Morgan fingerprint density at radius 1 is 1.09 bits per heavy atom. The highest BCUT2D eigenvalue weighted by molar-refractivity contribution is 6.46. The van der Waals surface area contributed by atoms with Gasteiger partial charge in [0, 0.05) is 18.7 Å². The van der Waals surface area contributed by atoms with E-state index in [1.807, 2.05) is 39.0 Å². The zero-order valence-electron chi connectivity index (χ0n) is 19.4. The maximum Gasteiger partial charge on any atom is 0.295 e. The first kappa shape index (κ1) is 24.5. The van der Waals surface area contributed by atoms with Gasteiger partial charge in [-0.05, 0) is 61.5 Å². The highest BCUT2D eigenvalue weighted by atomic mass is 19.1. The second-order valence-electron chi connectivity index (χ2n) is 7.95. The van der Waals surface area contributed by atoms with E-state index in [0.29, 0.717) is 31.0 Å². The molecule has 0 bridgehead atoms. The number of ether oxygens (including phenoxy) is 1. The van der Waals surface area contributed by atoms with Crippen LogP contribution in [0.25, 0.3) is 5.76 Å². The number of halogens is 1. The fraction of sp³-hybridized carbons (Fsp3) is 0.385. The van der Waals surface area contributed by atoms with Crippen molar-refractivity contribution in [2.24, 2.45) is 0 Å². The molecular weight excluding hydrogens is 423 g/mol. The fourth-order valence-electron chi connectivity index (χ4n) is 4.00. The number of aliphatic hydroxyl groups is 1. The number of benzene rings is 2. The SMILES string of the molecule is CCCOc1cccc([C@@H]2C(=C(O)c3ccc(F)cc3)C(=O)C(=O)N2CCN(CC)CC)c1. The molecule has 0 aliphatic carbocycles. The molecule has 0 radical (unpaired) electrons. The summed E-state index contributed by atoms with van der Waals surface area (Å²) >= 11 is 0. The minimum Gasteiger partial charge on any atom is -0.507 e. The van der Waals surface area contributed by atoms with E-state index in [9.17, 15) is 19.1 Å². The number of carbonyl (C=O) groups is 2. The molecule has 0 saturated carbocycles. The summed E-state index contributed by atoms with van der Waals surface area (Å²) in [5.74, 6) is -1.55. The van der Waals surface area contributed by atoms with Crippen molar-refractivity contribution in [1.29, 1.82) is 0 Å². The first-order valence-electron chi connectivity index (χ1n) is 11.4. The molecule has 7 heteroatoms. The summed E-state index contributed by atoms with van der Waals surface area (Å²) in [5.41, 5.74) is 0.950. The third-order valence-corrected chi connectivity index (χ3v) is 5.86. The Balaban J connectivity index is 2.08. The quantitative estimate of drug-likeness (QED) is 0.328. The number of likely N-dealkylation sites (N-methyl/N-ethyl adjacent to an activating group) is 1. The number of aliphatic hydroxyl groups excluding tert-OH is 1. The van der Waals surface area contributed by atoms with Crippen LogP contribution < -0.4 is 4.74 Å². The lowest BCUT2D eigenvalue weighted by Crippen LogP contribution is -2.38. The van der Waals surface area contributed by atoms with E-state index in [2.05, 4.69) is 4.90 Å². The predicted octanol–water partition coefficient (Wildman–Crippen LogP) is 4.38. The number of rotatable bonds is 10. The minimum absolute atomic E-state index is 0.00111. The molecular formula is C26H31FN2O4. The highest BCUT2D eigenvalue weighted by Gasteiger charge is 2.46. The molecule has 0 aromatic heterocycles. The van der Waals surface area contributed by atoms with Crippen molar-refractivity contribution in [3.63, 3.8) is 0 Å². The predicted molar refractivity (Wildman–Crippen MR) is 125 cm³/mol. The number of carbonyl (C=O) groups excluding carboxylic acids is 2. The van der Waals surface area contributed by atoms with Crippen LogP contribution in [0.4, 0.5) is 4.39 Å². The number of hydrogen-bond acceptors (Lipinski definition) is 5. The van der Waals surface area contributed by atoms with Gasteiger partial charge in [-0.25, -0.2) is 4.39 Å². The lowest BCUT2D eigenvalue weighted by atomic mass is 9.95. The van der Waals surface area contributed by atoms with E-state index in [1.54, 1.807) is 6.07 Å². The summed E-state index contributed by atoms with van der Waals surface area (Å²) in [6, 6.07) is 11.7. The maximum absolute atomic E-state index is 13.4. The highest BCUT2D eigenvalue weighted by Crippen LogP contribution is 2.40. The molecule has 0 spiro atoms. The molecule has 1 N–H and O–H groups in total. The zero-order chi connectivity index (χ0) is 24.0. The van der Waals surface area contributed by atoms with Crippen LogP contribution in [0, 0.1) is 5.82 Å². The average Bonchev–Trinajstić information content (AvgIpc) is 3.08. The van der Waals surface area contributed by atoms with Crippen LogP contribution in [-0.4, -0.2) is 59.4 Å². The van der Waals surface area contributed by atoms with Crippen molar-refractivity contribution in [1.82, 2.24) is 9.80 Å². The molecule has 1 amide bonds. The molecule has 3 rings (SSSR count). The molecule has 0 unspecified atom stereocenters. The molecule has 1 heterocycles. The number of likely N-dealkylation sites (tertiary alicyclic amines) is 1. The largest absolute Gasteiger partial charge is 0.507 e. The minimum atomic E-state index is -0.768. The Bertz CT molecular complexity index is 1020. The first-order valence-corrected chi connectivity index (χ1v) is 11.4. The van der Waals surface area contributed by atoms with Crippen molar-refractivity contribution in [2.45, 2.75) is 33.2 Å². The Morgan fingerprint density at radius 3 is 2.42 bits per heavy atom. The lowest BCUT2D eigenvalue weighted by molar-refractivity contribution is -0.140. The van der Waals surface area contributed by atoms with E-state index in [4.69, 9.17) is 4.74 Å². The fourth-order valence-corrected chi connectivity index (χ4v) is 4.00. The molecule has 176 valence electrons. The van der Waals surface area contributed by atoms with E-state index in [-0.39, 0.29) is 16.9 Å². The third kappa shape index (κ3) is 5.42. The zero-order valence-corrected chi connectivity index (χ0v) is 19.4. The Labute approximate surface area is 194 Å². The second-order valence-corrected chi connectivity index (χ2v) is 7.95. The van der Waals surface area contributed by atoms with Crippen molar-refractivity contribution >= 4 is 17.4 Å². The molecule has 1 aliphatic rings. The van der Waals surface area contributed by atoms with E-state index in [1.165, 1.54) is 29.2 Å². The number of ketones is 1. The molecule has 1 saturated heterocycles. The molecule has 1 aliphatic heterocycles. The summed E-state index contributed by atoms with van der Waals surface area (Å²) in [6.07, 6.45) is 0.844. The van der Waals surface area contributed by atoms with Crippen molar-refractivity contribution < 1.29 is 23.8 Å². The Morgan fingerprint density at radius 2 is 1.79 bits per heavy atom. The standard InChI is InChI=1S/C26H31FN2O4/c1-4-16-33-21-9-7-8-19(17-21)23-22(24(30)18-10-12-20(27)13-11-18)25(31)26(32)29(23)15-14-28(5-2)6-3/h7-13,17,23,30H,4-6,14-16H2,1-3H3/t23-/m1/s1. The van der Waals surface area contributed by atoms with Gasteiger partial charge in [-0.2, -0.15) is 0 Å². The van der Waals surface area contributed by atoms with E-state index >= 15 is 0 Å². The van der Waals surface area contributed by atoms with E-state index < -0.39 is 23.5 Å². The molecule has 1 atom stereocenters. The maximum atomic E-state index is 13.4. The van der Waals surface area contributed by atoms with Gasteiger partial charge >= 0.3 is 0 Å². The van der Waals surface area contributed by atoms with Gasteiger partial charge in [0.15, 0.2) is 0 Å². The normalized spacial score (nSPS) is 17.7. The van der Waals surface area contributed by atoms with Gasteiger partial charge in [-0.1, -0.05) is 32.9 Å². The Hall–Kier alpha value is -3.19. The summed E-state index contributed by atoms with van der Waals surface area (Å²) in [5, 5.41) is 11.0. The molecule has 2 aromatic rings. The third-order valence-electron chi connectivity index (χ3n) is 5.86. The lowest BCUT2D eigenvalue weighted by Gasteiger charge is -2.28. The van der Waals surface area contributed by atoms with Crippen LogP contribution in [0.2, 0.25) is 0 Å². The van der Waals surface area contributed by atoms with Crippen molar-refractivity contribution in [3.05, 3.63) is 71.0 Å². The Kier molecular flexibility index (Phi) is 8.22. The number of Topliss-reactive ketones (excluding diaryl/α,β-unsaturated/α-hetero) is 1. The van der Waals surface area contributed by atoms with Gasteiger partial charge in [0.2, 0.25) is 0 Å². The van der Waals surface area contributed by atoms with Crippen molar-refractivity contribution in [3.8, 4) is 5.75 Å². The first-order chi connectivity index (χ1) is 15.9. The topological polar surface area (TPSA) is 70.1 Å².